The summed E-state index contributed by atoms with van der Waals surface area (Å²) in [6.07, 6.45) is 1.91. The van der Waals surface area contributed by atoms with E-state index in [-0.39, 0.29) is 18.6 Å². The predicted molar refractivity (Wildman–Crippen MR) is 75.9 cm³/mol. The highest BCUT2D eigenvalue weighted by molar-refractivity contribution is 5.95. The summed E-state index contributed by atoms with van der Waals surface area (Å²) in [5.74, 6) is -0.203. The summed E-state index contributed by atoms with van der Waals surface area (Å²) in [5.41, 5.74) is 0.642. The summed E-state index contributed by atoms with van der Waals surface area (Å²) in [5, 5.41) is 7.45. The standard InChI is InChI=1S/C14H17N3O4/c1-9(18)15-10-4-6-12(7-5-10)21-8-13(19)17-14(20)16-11-2-3-11/h4-7,11H,2-3,8H2,1H3,(H,15,18)(H2,16,17,19,20). The van der Waals surface area contributed by atoms with Gasteiger partial charge < -0.3 is 15.4 Å². The van der Waals surface area contributed by atoms with Crippen LogP contribution in [0.15, 0.2) is 24.3 Å². The molecule has 0 bridgehead atoms. The molecule has 7 heteroatoms. The van der Waals surface area contributed by atoms with Crippen molar-refractivity contribution in [3.8, 4) is 5.75 Å². The minimum Gasteiger partial charge on any atom is -0.484 e. The van der Waals surface area contributed by atoms with E-state index in [0.29, 0.717) is 11.4 Å². The molecular formula is C14H17N3O4. The first-order valence-electron chi connectivity index (χ1n) is 6.64. The molecule has 112 valence electrons. The first-order valence-corrected chi connectivity index (χ1v) is 6.64. The Labute approximate surface area is 122 Å². The summed E-state index contributed by atoms with van der Waals surface area (Å²) in [4.78, 5) is 33.7. The smallest absolute Gasteiger partial charge is 0.321 e. The van der Waals surface area contributed by atoms with Crippen molar-refractivity contribution in [2.75, 3.05) is 11.9 Å². The monoisotopic (exact) mass is 291 g/mol. The van der Waals surface area contributed by atoms with Gasteiger partial charge in [-0.05, 0) is 37.1 Å². The maximum atomic E-state index is 11.5. The number of imide groups is 1. The first-order chi connectivity index (χ1) is 10.0. The Kier molecular flexibility index (Phi) is 4.76. The van der Waals surface area contributed by atoms with E-state index in [1.807, 2.05) is 0 Å². The van der Waals surface area contributed by atoms with Crippen molar-refractivity contribution in [3.05, 3.63) is 24.3 Å². The Bertz CT molecular complexity index is 538. The van der Waals surface area contributed by atoms with Crippen LogP contribution in [0.5, 0.6) is 5.75 Å². The molecule has 0 aliphatic heterocycles. The van der Waals surface area contributed by atoms with Crippen molar-refractivity contribution in [1.82, 2.24) is 10.6 Å². The molecule has 7 nitrogen and oxygen atoms in total. The molecule has 0 heterocycles. The van der Waals surface area contributed by atoms with E-state index >= 15 is 0 Å². The first kappa shape index (κ1) is 14.8. The van der Waals surface area contributed by atoms with Gasteiger partial charge in [-0.3, -0.25) is 14.9 Å². The number of amides is 4. The van der Waals surface area contributed by atoms with Crippen LogP contribution in [0, 0.1) is 0 Å². The molecule has 4 amide bonds. The summed E-state index contributed by atoms with van der Waals surface area (Å²) < 4.78 is 5.24. The molecule has 0 atom stereocenters. The van der Waals surface area contributed by atoms with Gasteiger partial charge in [0.2, 0.25) is 5.91 Å². The molecule has 2 rings (SSSR count). The quantitative estimate of drug-likeness (QED) is 0.754. The molecule has 1 aromatic rings. The van der Waals surface area contributed by atoms with Crippen molar-refractivity contribution >= 4 is 23.5 Å². The van der Waals surface area contributed by atoms with Crippen molar-refractivity contribution < 1.29 is 19.1 Å². The average molecular weight is 291 g/mol. The second-order valence-electron chi connectivity index (χ2n) is 4.79. The van der Waals surface area contributed by atoms with Gasteiger partial charge >= 0.3 is 6.03 Å². The van der Waals surface area contributed by atoms with Gasteiger partial charge in [0.05, 0.1) is 0 Å². The number of rotatable bonds is 5. The Balaban J connectivity index is 1.72. The topological polar surface area (TPSA) is 96.5 Å². The van der Waals surface area contributed by atoms with Gasteiger partial charge in [0.15, 0.2) is 6.61 Å². The lowest BCUT2D eigenvalue weighted by atomic mass is 10.3. The van der Waals surface area contributed by atoms with Crippen molar-refractivity contribution in [2.24, 2.45) is 0 Å². The highest BCUT2D eigenvalue weighted by atomic mass is 16.5. The fraction of sp³-hybridized carbons (Fsp3) is 0.357. The molecule has 0 saturated heterocycles. The number of carbonyl (C=O) groups excluding carboxylic acids is 3. The molecule has 3 N–H and O–H groups in total. The molecule has 0 spiro atoms. The molecule has 1 aromatic carbocycles. The Hall–Kier alpha value is -2.57. The van der Waals surface area contributed by atoms with Crippen LogP contribution >= 0.6 is 0 Å². The lowest BCUT2D eigenvalue weighted by Gasteiger charge is -2.08. The molecular weight excluding hydrogens is 274 g/mol. The molecule has 0 unspecified atom stereocenters. The summed E-state index contributed by atoms with van der Waals surface area (Å²) in [7, 11) is 0. The fourth-order valence-corrected chi connectivity index (χ4v) is 1.60. The van der Waals surface area contributed by atoms with Crippen LogP contribution < -0.4 is 20.7 Å². The number of ether oxygens (including phenoxy) is 1. The third kappa shape index (κ3) is 5.52. The van der Waals surface area contributed by atoms with Gasteiger partial charge in [-0.15, -0.1) is 0 Å². The zero-order valence-electron chi connectivity index (χ0n) is 11.6. The number of anilines is 1. The average Bonchev–Trinajstić information content (AvgIpc) is 3.21. The maximum absolute atomic E-state index is 11.5. The third-order valence-corrected chi connectivity index (χ3v) is 2.71. The van der Waals surface area contributed by atoms with Gasteiger partial charge in [-0.1, -0.05) is 0 Å². The molecule has 1 fully saturated rings. The highest BCUT2D eigenvalue weighted by Crippen LogP contribution is 2.18. The zero-order chi connectivity index (χ0) is 15.2. The summed E-state index contributed by atoms with van der Waals surface area (Å²) >= 11 is 0. The molecule has 1 saturated carbocycles. The second kappa shape index (κ2) is 6.74. The third-order valence-electron chi connectivity index (χ3n) is 2.71. The SMILES string of the molecule is CC(=O)Nc1ccc(OCC(=O)NC(=O)NC2CC2)cc1. The zero-order valence-corrected chi connectivity index (χ0v) is 11.6. The minimum atomic E-state index is -0.515. The van der Waals surface area contributed by atoms with Crippen LogP contribution in [0.2, 0.25) is 0 Å². The van der Waals surface area contributed by atoms with Gasteiger partial charge in [0.25, 0.3) is 5.91 Å². The number of nitrogens with one attached hydrogen (secondary N) is 3. The molecule has 0 radical (unpaired) electrons. The van der Waals surface area contributed by atoms with Gasteiger partial charge in [-0.2, -0.15) is 0 Å². The van der Waals surface area contributed by atoms with Crippen LogP contribution in [0.3, 0.4) is 0 Å². The number of urea groups is 1. The van der Waals surface area contributed by atoms with Gasteiger partial charge in [0, 0.05) is 18.7 Å². The lowest BCUT2D eigenvalue weighted by Crippen LogP contribution is -2.42. The van der Waals surface area contributed by atoms with Crippen LogP contribution in [0.1, 0.15) is 19.8 Å². The maximum Gasteiger partial charge on any atom is 0.321 e. The van der Waals surface area contributed by atoms with Gasteiger partial charge in [-0.25, -0.2) is 4.79 Å². The van der Waals surface area contributed by atoms with Crippen molar-refractivity contribution in [3.63, 3.8) is 0 Å². The summed E-state index contributed by atoms with van der Waals surface area (Å²) in [6, 6.07) is 6.28. The highest BCUT2D eigenvalue weighted by Gasteiger charge is 2.23. The van der Waals surface area contributed by atoms with Crippen LogP contribution in [-0.2, 0) is 9.59 Å². The molecule has 0 aromatic heterocycles. The number of carbonyl (C=O) groups is 3. The lowest BCUT2D eigenvalue weighted by molar-refractivity contribution is -0.122. The predicted octanol–water partition coefficient (Wildman–Crippen LogP) is 1.01. The normalized spacial score (nSPS) is 13.2. The minimum absolute atomic E-state index is 0.162. The number of benzene rings is 1. The Morgan fingerprint density at radius 3 is 2.43 bits per heavy atom. The van der Waals surface area contributed by atoms with E-state index in [0.717, 1.165) is 12.8 Å². The largest absolute Gasteiger partial charge is 0.484 e. The molecule has 1 aliphatic carbocycles. The van der Waals surface area contributed by atoms with E-state index in [4.69, 9.17) is 4.74 Å². The van der Waals surface area contributed by atoms with E-state index < -0.39 is 11.9 Å². The van der Waals surface area contributed by atoms with Crippen molar-refractivity contribution in [1.29, 1.82) is 0 Å². The van der Waals surface area contributed by atoms with Crippen LogP contribution in [0.25, 0.3) is 0 Å². The number of hydrogen-bond acceptors (Lipinski definition) is 4. The molecule has 1 aliphatic rings. The van der Waals surface area contributed by atoms with Crippen LogP contribution in [-0.4, -0.2) is 30.5 Å². The van der Waals surface area contributed by atoms with Crippen molar-refractivity contribution in [2.45, 2.75) is 25.8 Å². The number of hydrogen-bond donors (Lipinski definition) is 3. The van der Waals surface area contributed by atoms with E-state index in [2.05, 4.69) is 16.0 Å². The van der Waals surface area contributed by atoms with E-state index in [9.17, 15) is 14.4 Å². The Morgan fingerprint density at radius 1 is 1.19 bits per heavy atom. The summed E-state index contributed by atoms with van der Waals surface area (Å²) in [6.45, 7) is 1.17. The van der Waals surface area contributed by atoms with E-state index in [1.165, 1.54) is 6.92 Å². The van der Waals surface area contributed by atoms with E-state index in [1.54, 1.807) is 24.3 Å². The Morgan fingerprint density at radius 2 is 1.86 bits per heavy atom. The van der Waals surface area contributed by atoms with Crippen LogP contribution in [0.4, 0.5) is 10.5 Å². The fourth-order valence-electron chi connectivity index (χ4n) is 1.60. The molecule has 21 heavy (non-hydrogen) atoms. The second-order valence-corrected chi connectivity index (χ2v) is 4.79. The van der Waals surface area contributed by atoms with Gasteiger partial charge in [0.1, 0.15) is 5.75 Å².